The molecular weight excluding hydrogens is 594 g/mol. The molecule has 0 spiro atoms. The predicted molar refractivity (Wildman–Crippen MR) is 161 cm³/mol. The van der Waals surface area contributed by atoms with E-state index in [4.69, 9.17) is 21.6 Å². The fourth-order valence-electron chi connectivity index (χ4n) is 5.02. The van der Waals surface area contributed by atoms with Crippen molar-refractivity contribution in [3.63, 3.8) is 0 Å². The molecule has 5 aromatic rings. The molecular formula is C30H25ClF2N8O3. The van der Waals surface area contributed by atoms with Gasteiger partial charge < -0.3 is 19.7 Å². The van der Waals surface area contributed by atoms with Crippen LogP contribution in [0.5, 0.6) is 0 Å². The van der Waals surface area contributed by atoms with Gasteiger partial charge in [-0.25, -0.2) is 13.8 Å². The van der Waals surface area contributed by atoms with Crippen LogP contribution in [0.2, 0.25) is 5.02 Å². The van der Waals surface area contributed by atoms with Crippen molar-refractivity contribution in [3.8, 4) is 0 Å². The normalized spacial score (nSPS) is 13.3. The Bertz CT molecular complexity index is 1840. The maximum Gasteiger partial charge on any atom is 0.269 e. The molecule has 1 amide bonds. The van der Waals surface area contributed by atoms with Crippen molar-refractivity contribution in [3.05, 3.63) is 117 Å². The summed E-state index contributed by atoms with van der Waals surface area (Å²) in [7, 11) is 0. The Morgan fingerprint density at radius 3 is 2.36 bits per heavy atom. The molecule has 3 aromatic carbocycles. The van der Waals surface area contributed by atoms with Gasteiger partial charge in [0.05, 0.1) is 17.8 Å². The van der Waals surface area contributed by atoms with Crippen molar-refractivity contribution < 1.29 is 18.5 Å². The molecule has 1 saturated heterocycles. The minimum atomic E-state index is -0.809. The Morgan fingerprint density at radius 2 is 1.68 bits per heavy atom. The van der Waals surface area contributed by atoms with Gasteiger partial charge in [0.1, 0.15) is 11.6 Å². The lowest BCUT2D eigenvalue weighted by atomic mass is 10.1. The van der Waals surface area contributed by atoms with E-state index in [2.05, 4.69) is 10.3 Å². The van der Waals surface area contributed by atoms with Crippen LogP contribution in [0, 0.1) is 21.7 Å². The van der Waals surface area contributed by atoms with Crippen molar-refractivity contribution >= 4 is 46.1 Å². The molecule has 0 saturated carbocycles. The number of carbonyl (C=O) groups excluding carboxylic acids is 1. The number of non-ortho nitro benzene ring substituents is 1. The maximum atomic E-state index is 13.7. The molecule has 0 unspecified atom stereocenters. The lowest BCUT2D eigenvalue weighted by Gasteiger charge is -2.35. The van der Waals surface area contributed by atoms with E-state index in [1.807, 2.05) is 27.7 Å². The number of halogens is 3. The topological polar surface area (TPSA) is 122 Å². The number of hydrogen-bond acceptors (Lipinski definition) is 8. The van der Waals surface area contributed by atoms with Gasteiger partial charge in [0.2, 0.25) is 5.95 Å². The SMILES string of the molecule is O=C(c1cc(F)cc(F)c1)N1CCN(c2nc(NCc3ccccc3Cl)c3ncn(Cc4ccc([N+](=O)[O-])cc4)c3n2)CC1. The van der Waals surface area contributed by atoms with Crippen LogP contribution >= 0.6 is 11.6 Å². The van der Waals surface area contributed by atoms with Crippen molar-refractivity contribution in [1.82, 2.24) is 24.4 Å². The number of rotatable bonds is 8. The predicted octanol–water partition coefficient (Wildman–Crippen LogP) is 5.29. The number of nitrogens with one attached hydrogen (secondary N) is 1. The zero-order valence-corrected chi connectivity index (χ0v) is 23.9. The van der Waals surface area contributed by atoms with Gasteiger partial charge in [-0.3, -0.25) is 14.9 Å². The minimum Gasteiger partial charge on any atom is -0.364 e. The molecule has 44 heavy (non-hydrogen) atoms. The highest BCUT2D eigenvalue weighted by molar-refractivity contribution is 6.31. The van der Waals surface area contributed by atoms with Crippen LogP contribution in [-0.4, -0.2) is 61.4 Å². The largest absolute Gasteiger partial charge is 0.364 e. The molecule has 0 aliphatic carbocycles. The van der Waals surface area contributed by atoms with E-state index in [-0.39, 0.29) is 11.3 Å². The minimum absolute atomic E-state index is 0.0000619. The molecule has 1 aliphatic heterocycles. The number of fused-ring (bicyclic) bond motifs is 1. The lowest BCUT2D eigenvalue weighted by molar-refractivity contribution is -0.384. The van der Waals surface area contributed by atoms with E-state index in [1.165, 1.54) is 12.1 Å². The fourth-order valence-corrected chi connectivity index (χ4v) is 5.23. The monoisotopic (exact) mass is 618 g/mol. The van der Waals surface area contributed by atoms with Gasteiger partial charge >= 0.3 is 0 Å². The van der Waals surface area contributed by atoms with Gasteiger partial charge in [0.15, 0.2) is 17.0 Å². The number of benzene rings is 3. The van der Waals surface area contributed by atoms with Crippen LogP contribution in [0.1, 0.15) is 21.5 Å². The van der Waals surface area contributed by atoms with Crippen LogP contribution in [0.3, 0.4) is 0 Å². The van der Waals surface area contributed by atoms with Crippen molar-refractivity contribution in [2.24, 2.45) is 0 Å². The highest BCUT2D eigenvalue weighted by Gasteiger charge is 2.26. The zero-order valence-electron chi connectivity index (χ0n) is 23.2. The number of aromatic nitrogens is 4. The zero-order chi connectivity index (χ0) is 30.8. The standard InChI is InChI=1S/C30H25ClF2N8O3/c31-25-4-2-1-3-20(25)16-34-27-26-28(40(18-35-26)17-19-5-7-24(8-6-19)41(43)44)37-30(36-27)39-11-9-38(10-12-39)29(42)21-13-22(32)15-23(33)14-21/h1-8,13-15,18H,9-12,16-17H2,(H,34,36,37). The molecule has 0 atom stereocenters. The second kappa shape index (κ2) is 12.2. The molecule has 6 rings (SSSR count). The Kier molecular flexibility index (Phi) is 8.03. The van der Waals surface area contributed by atoms with Crippen LogP contribution in [0.4, 0.5) is 26.2 Å². The molecule has 224 valence electrons. The second-order valence-electron chi connectivity index (χ2n) is 10.2. The number of nitro benzene ring substituents is 1. The number of amides is 1. The van der Waals surface area contributed by atoms with Crippen LogP contribution in [0.25, 0.3) is 11.2 Å². The summed E-state index contributed by atoms with van der Waals surface area (Å²) in [5.41, 5.74) is 2.72. The third-order valence-corrected chi connectivity index (χ3v) is 7.68. The molecule has 1 fully saturated rings. The molecule has 1 aliphatic rings. The number of hydrogen-bond donors (Lipinski definition) is 1. The van der Waals surface area contributed by atoms with E-state index < -0.39 is 22.5 Å². The Hall–Kier alpha value is -5.17. The fraction of sp³-hybridized carbons (Fsp3) is 0.200. The molecule has 0 bridgehead atoms. The quantitative estimate of drug-likeness (QED) is 0.184. The number of imidazole rings is 1. The summed E-state index contributed by atoms with van der Waals surface area (Å²) in [6.45, 7) is 2.10. The average molecular weight is 619 g/mol. The van der Waals surface area contributed by atoms with Crippen molar-refractivity contribution in [2.75, 3.05) is 36.4 Å². The van der Waals surface area contributed by atoms with Crippen LogP contribution in [-0.2, 0) is 13.1 Å². The molecule has 3 heterocycles. The van der Waals surface area contributed by atoms with E-state index in [0.717, 1.165) is 29.3 Å². The first-order valence-electron chi connectivity index (χ1n) is 13.7. The summed E-state index contributed by atoms with van der Waals surface area (Å²) in [6, 6.07) is 16.5. The molecule has 0 radical (unpaired) electrons. The first-order valence-corrected chi connectivity index (χ1v) is 14.1. The van der Waals surface area contributed by atoms with E-state index in [1.54, 1.807) is 29.4 Å². The number of piperazine rings is 1. The second-order valence-corrected chi connectivity index (χ2v) is 10.6. The van der Waals surface area contributed by atoms with Gasteiger partial charge in [0.25, 0.3) is 11.6 Å². The number of carbonyl (C=O) groups is 1. The van der Waals surface area contributed by atoms with Gasteiger partial charge in [0, 0.05) is 61.5 Å². The van der Waals surface area contributed by atoms with E-state index in [0.29, 0.717) is 67.2 Å². The summed E-state index contributed by atoms with van der Waals surface area (Å²) in [6.07, 6.45) is 1.64. The maximum absolute atomic E-state index is 13.7. The summed E-state index contributed by atoms with van der Waals surface area (Å²) >= 11 is 6.37. The average Bonchev–Trinajstić information content (AvgIpc) is 3.42. The third-order valence-electron chi connectivity index (χ3n) is 7.32. The van der Waals surface area contributed by atoms with E-state index >= 15 is 0 Å². The highest BCUT2D eigenvalue weighted by atomic mass is 35.5. The number of anilines is 2. The summed E-state index contributed by atoms with van der Waals surface area (Å²) in [5.74, 6) is -1.18. The number of nitro groups is 1. The molecule has 1 N–H and O–H groups in total. The molecule has 11 nitrogen and oxygen atoms in total. The highest BCUT2D eigenvalue weighted by Crippen LogP contribution is 2.26. The van der Waals surface area contributed by atoms with Gasteiger partial charge in [-0.2, -0.15) is 9.97 Å². The summed E-state index contributed by atoms with van der Waals surface area (Å²) in [4.78, 5) is 41.2. The van der Waals surface area contributed by atoms with E-state index in [9.17, 15) is 23.7 Å². The first kappa shape index (κ1) is 28.9. The molecule has 2 aromatic heterocycles. The van der Waals surface area contributed by atoms with Gasteiger partial charge in [-0.1, -0.05) is 41.9 Å². The third kappa shape index (κ3) is 6.13. The van der Waals surface area contributed by atoms with Crippen molar-refractivity contribution in [2.45, 2.75) is 13.1 Å². The Labute approximate surface area is 254 Å². The summed E-state index contributed by atoms with van der Waals surface area (Å²) in [5, 5.41) is 15.0. The van der Waals surface area contributed by atoms with Crippen LogP contribution in [0.15, 0.2) is 73.1 Å². The Balaban J connectivity index is 1.27. The van der Waals surface area contributed by atoms with Gasteiger partial charge in [-0.15, -0.1) is 0 Å². The number of nitrogens with zero attached hydrogens (tertiary/aromatic N) is 7. The molecule has 14 heteroatoms. The van der Waals surface area contributed by atoms with Crippen LogP contribution < -0.4 is 10.2 Å². The van der Waals surface area contributed by atoms with Crippen molar-refractivity contribution in [1.29, 1.82) is 0 Å². The smallest absolute Gasteiger partial charge is 0.269 e. The summed E-state index contributed by atoms with van der Waals surface area (Å²) < 4.78 is 29.3. The first-order chi connectivity index (χ1) is 21.2. The van der Waals surface area contributed by atoms with Gasteiger partial charge in [-0.05, 0) is 29.3 Å². The lowest BCUT2D eigenvalue weighted by Crippen LogP contribution is -2.49. The Morgan fingerprint density at radius 1 is 0.977 bits per heavy atom.